The molecular weight excluding hydrogens is 298 g/mol. The van der Waals surface area contributed by atoms with Gasteiger partial charge in [-0.05, 0) is 36.1 Å². The second kappa shape index (κ2) is 6.87. The Bertz CT molecular complexity index is 834. The number of amides is 1. The number of fused-ring (bicyclic) bond motifs is 1. The van der Waals surface area contributed by atoms with Gasteiger partial charge in [-0.2, -0.15) is 0 Å². The van der Waals surface area contributed by atoms with Gasteiger partial charge in [-0.25, -0.2) is 4.98 Å². The van der Waals surface area contributed by atoms with Crippen LogP contribution >= 0.6 is 0 Å². The standard InChI is InChI=1S/C20H23N3O/c1-14(2)17-10-8-16(9-11-17)12-23-19-7-5-4-6-18(19)22-20(23)15(3)21-13-24/h4-11,13-15H,12H2,1-3H3,(H,21,24). The van der Waals surface area contributed by atoms with Crippen LogP contribution in [0.3, 0.4) is 0 Å². The average Bonchev–Trinajstić information content (AvgIpc) is 2.94. The van der Waals surface area contributed by atoms with Crippen molar-refractivity contribution in [3.05, 3.63) is 65.5 Å². The van der Waals surface area contributed by atoms with E-state index in [9.17, 15) is 4.79 Å². The maximum atomic E-state index is 10.8. The molecule has 4 nitrogen and oxygen atoms in total. The molecule has 124 valence electrons. The number of para-hydroxylation sites is 2. The lowest BCUT2D eigenvalue weighted by Gasteiger charge is -2.15. The number of rotatable bonds is 6. The molecule has 1 aromatic heterocycles. The number of imidazole rings is 1. The van der Waals surface area contributed by atoms with Crippen LogP contribution in [0.15, 0.2) is 48.5 Å². The molecule has 0 fully saturated rings. The Morgan fingerprint density at radius 1 is 1.08 bits per heavy atom. The molecule has 0 aliphatic rings. The Balaban J connectivity index is 2.00. The van der Waals surface area contributed by atoms with E-state index in [1.807, 2.05) is 25.1 Å². The zero-order valence-corrected chi connectivity index (χ0v) is 14.4. The molecule has 0 saturated carbocycles. The van der Waals surface area contributed by atoms with Crippen molar-refractivity contribution in [1.82, 2.24) is 14.9 Å². The fourth-order valence-corrected chi connectivity index (χ4v) is 2.96. The molecule has 0 spiro atoms. The minimum absolute atomic E-state index is 0.134. The van der Waals surface area contributed by atoms with Gasteiger partial charge in [0, 0.05) is 6.54 Å². The molecule has 0 bridgehead atoms. The van der Waals surface area contributed by atoms with Gasteiger partial charge in [-0.15, -0.1) is 0 Å². The second-order valence-corrected chi connectivity index (χ2v) is 6.45. The molecular formula is C20H23N3O. The van der Waals surface area contributed by atoms with E-state index in [0.717, 1.165) is 29.8 Å². The van der Waals surface area contributed by atoms with Crippen molar-refractivity contribution in [1.29, 1.82) is 0 Å². The summed E-state index contributed by atoms with van der Waals surface area (Å²) >= 11 is 0. The van der Waals surface area contributed by atoms with Crippen molar-refractivity contribution in [3.63, 3.8) is 0 Å². The highest BCUT2D eigenvalue weighted by atomic mass is 16.1. The fraction of sp³-hybridized carbons (Fsp3) is 0.300. The van der Waals surface area contributed by atoms with Gasteiger partial charge >= 0.3 is 0 Å². The van der Waals surface area contributed by atoms with E-state index in [1.54, 1.807) is 0 Å². The maximum Gasteiger partial charge on any atom is 0.207 e. The van der Waals surface area contributed by atoms with Crippen molar-refractivity contribution in [2.24, 2.45) is 0 Å². The predicted octanol–water partition coefficient (Wildman–Crippen LogP) is 4.02. The van der Waals surface area contributed by atoms with E-state index in [4.69, 9.17) is 4.98 Å². The third kappa shape index (κ3) is 3.18. The summed E-state index contributed by atoms with van der Waals surface area (Å²) in [5.41, 5.74) is 4.60. The van der Waals surface area contributed by atoms with Gasteiger partial charge in [0.2, 0.25) is 6.41 Å². The van der Waals surface area contributed by atoms with Gasteiger partial charge in [-0.1, -0.05) is 50.2 Å². The predicted molar refractivity (Wildman–Crippen MR) is 97.0 cm³/mol. The van der Waals surface area contributed by atoms with Crippen molar-refractivity contribution in [2.75, 3.05) is 0 Å². The number of hydrogen-bond donors (Lipinski definition) is 1. The van der Waals surface area contributed by atoms with Crippen LogP contribution in [0.4, 0.5) is 0 Å². The van der Waals surface area contributed by atoms with Crippen LogP contribution in [0, 0.1) is 0 Å². The number of nitrogens with one attached hydrogen (secondary N) is 1. The average molecular weight is 321 g/mol. The molecule has 24 heavy (non-hydrogen) atoms. The van der Waals surface area contributed by atoms with Crippen LogP contribution in [0.25, 0.3) is 11.0 Å². The van der Waals surface area contributed by atoms with Gasteiger partial charge in [-0.3, -0.25) is 4.79 Å². The largest absolute Gasteiger partial charge is 0.349 e. The summed E-state index contributed by atoms with van der Waals surface area (Å²) in [4.78, 5) is 15.5. The number of nitrogens with zero attached hydrogens (tertiary/aromatic N) is 2. The Hall–Kier alpha value is -2.62. The van der Waals surface area contributed by atoms with E-state index in [1.165, 1.54) is 11.1 Å². The Kier molecular flexibility index (Phi) is 4.65. The molecule has 0 aliphatic carbocycles. The molecule has 0 aliphatic heterocycles. The Morgan fingerprint density at radius 2 is 1.79 bits per heavy atom. The van der Waals surface area contributed by atoms with Crippen molar-refractivity contribution >= 4 is 17.4 Å². The first-order valence-corrected chi connectivity index (χ1v) is 8.34. The highest BCUT2D eigenvalue weighted by Crippen LogP contribution is 2.23. The summed E-state index contributed by atoms with van der Waals surface area (Å²) < 4.78 is 2.18. The summed E-state index contributed by atoms with van der Waals surface area (Å²) in [5, 5.41) is 2.81. The zero-order chi connectivity index (χ0) is 17.1. The zero-order valence-electron chi connectivity index (χ0n) is 14.4. The normalized spacial score (nSPS) is 12.5. The van der Waals surface area contributed by atoms with Crippen LogP contribution in [0.1, 0.15) is 49.7 Å². The van der Waals surface area contributed by atoms with Crippen LogP contribution in [-0.2, 0) is 11.3 Å². The molecule has 1 heterocycles. The topological polar surface area (TPSA) is 46.9 Å². The van der Waals surface area contributed by atoms with Gasteiger partial charge in [0.15, 0.2) is 0 Å². The highest BCUT2D eigenvalue weighted by Gasteiger charge is 2.16. The van der Waals surface area contributed by atoms with E-state index in [2.05, 4.69) is 54.1 Å². The first-order chi connectivity index (χ1) is 11.6. The molecule has 0 saturated heterocycles. The minimum atomic E-state index is -0.134. The third-order valence-corrected chi connectivity index (χ3v) is 4.38. The van der Waals surface area contributed by atoms with Crippen molar-refractivity contribution < 1.29 is 4.79 Å². The number of carbonyl (C=O) groups excluding carboxylic acids is 1. The molecule has 3 aromatic rings. The fourth-order valence-electron chi connectivity index (χ4n) is 2.96. The molecule has 1 atom stereocenters. The van der Waals surface area contributed by atoms with Gasteiger partial charge < -0.3 is 9.88 Å². The lowest BCUT2D eigenvalue weighted by Crippen LogP contribution is -2.20. The molecule has 2 aromatic carbocycles. The minimum Gasteiger partial charge on any atom is -0.349 e. The maximum absolute atomic E-state index is 10.8. The van der Waals surface area contributed by atoms with Crippen LogP contribution in [0.5, 0.6) is 0 Å². The first kappa shape index (κ1) is 16.2. The summed E-state index contributed by atoms with van der Waals surface area (Å²) in [6.07, 6.45) is 0.728. The second-order valence-electron chi connectivity index (χ2n) is 6.45. The molecule has 1 amide bonds. The van der Waals surface area contributed by atoms with E-state index in [-0.39, 0.29) is 6.04 Å². The molecule has 4 heteroatoms. The van der Waals surface area contributed by atoms with Crippen molar-refractivity contribution in [2.45, 2.75) is 39.3 Å². The molecule has 1 unspecified atom stereocenters. The summed E-state index contributed by atoms with van der Waals surface area (Å²) in [6.45, 7) is 7.08. The van der Waals surface area contributed by atoms with Gasteiger partial charge in [0.05, 0.1) is 17.1 Å². The summed E-state index contributed by atoms with van der Waals surface area (Å²) in [5.74, 6) is 1.40. The highest BCUT2D eigenvalue weighted by molar-refractivity contribution is 5.76. The molecule has 0 radical (unpaired) electrons. The Labute approximate surface area is 142 Å². The number of aromatic nitrogens is 2. The summed E-state index contributed by atoms with van der Waals surface area (Å²) in [7, 11) is 0. The monoisotopic (exact) mass is 321 g/mol. The quantitative estimate of drug-likeness (QED) is 0.697. The van der Waals surface area contributed by atoms with E-state index >= 15 is 0 Å². The molecule has 1 N–H and O–H groups in total. The van der Waals surface area contributed by atoms with E-state index < -0.39 is 0 Å². The third-order valence-electron chi connectivity index (χ3n) is 4.38. The smallest absolute Gasteiger partial charge is 0.207 e. The van der Waals surface area contributed by atoms with Crippen LogP contribution in [0.2, 0.25) is 0 Å². The van der Waals surface area contributed by atoms with Gasteiger partial charge in [0.1, 0.15) is 5.82 Å². The van der Waals surface area contributed by atoms with Crippen LogP contribution in [-0.4, -0.2) is 16.0 Å². The van der Waals surface area contributed by atoms with Crippen molar-refractivity contribution in [3.8, 4) is 0 Å². The lowest BCUT2D eigenvalue weighted by atomic mass is 10.0. The number of benzene rings is 2. The lowest BCUT2D eigenvalue weighted by molar-refractivity contribution is -0.110. The Morgan fingerprint density at radius 3 is 2.46 bits per heavy atom. The molecule has 3 rings (SSSR count). The number of hydrogen-bond acceptors (Lipinski definition) is 2. The summed E-state index contributed by atoms with van der Waals surface area (Å²) in [6, 6.07) is 16.7. The SMILES string of the molecule is CC(C)c1ccc(Cn2c(C(C)NC=O)nc3ccccc32)cc1. The van der Waals surface area contributed by atoms with E-state index in [0.29, 0.717) is 5.92 Å². The van der Waals surface area contributed by atoms with Gasteiger partial charge in [0.25, 0.3) is 0 Å². The number of carbonyl (C=O) groups is 1. The van der Waals surface area contributed by atoms with Crippen LogP contribution < -0.4 is 5.32 Å². The first-order valence-electron chi connectivity index (χ1n) is 8.34.